The zero-order valence-corrected chi connectivity index (χ0v) is 22.7. The maximum absolute atomic E-state index is 15.1. The number of alkyl halides is 1. The summed E-state index contributed by atoms with van der Waals surface area (Å²) in [6.07, 6.45) is 4.07. The first kappa shape index (κ1) is 25.7. The first-order valence-corrected chi connectivity index (χ1v) is 13.7. The number of amides is 1. The lowest BCUT2D eigenvalue weighted by atomic mass is 9.84. The Bertz CT molecular complexity index is 1280. The predicted octanol–water partition coefficient (Wildman–Crippen LogP) is 4.36. The van der Waals surface area contributed by atoms with Crippen LogP contribution >= 0.6 is 11.6 Å². The SMILES string of the molecule is CC(C)(C)OC(=O)N1CCC12CCN(c1nc(OC[C@@]34CCCN3C[C@H](F)C4)nc3c(F)c(Cl)ncc13)C2. The Morgan fingerprint density at radius 1 is 1.21 bits per heavy atom. The Kier molecular flexibility index (Phi) is 6.10. The number of likely N-dealkylation sites (tertiary alicyclic amines) is 1. The molecule has 0 radical (unpaired) electrons. The fourth-order valence-electron chi connectivity index (χ4n) is 6.56. The van der Waals surface area contributed by atoms with E-state index in [2.05, 4.69) is 14.9 Å². The van der Waals surface area contributed by atoms with E-state index in [4.69, 9.17) is 26.1 Å². The highest BCUT2D eigenvalue weighted by Crippen LogP contribution is 2.43. The molecule has 4 saturated heterocycles. The maximum atomic E-state index is 15.1. The van der Waals surface area contributed by atoms with Crippen molar-refractivity contribution in [1.82, 2.24) is 24.8 Å². The number of aromatic nitrogens is 3. The number of hydrogen-bond donors (Lipinski definition) is 0. The summed E-state index contributed by atoms with van der Waals surface area (Å²) >= 11 is 6.00. The molecule has 0 aromatic carbocycles. The van der Waals surface area contributed by atoms with E-state index in [0.717, 1.165) is 32.2 Å². The summed E-state index contributed by atoms with van der Waals surface area (Å²) in [5, 5.41) is 0.141. The molecule has 6 heterocycles. The molecule has 4 aliphatic rings. The van der Waals surface area contributed by atoms with Gasteiger partial charge >= 0.3 is 12.1 Å². The van der Waals surface area contributed by atoms with Crippen LogP contribution in [0.2, 0.25) is 5.15 Å². The highest BCUT2D eigenvalue weighted by Gasteiger charge is 2.53. The highest BCUT2D eigenvalue weighted by atomic mass is 35.5. The van der Waals surface area contributed by atoms with E-state index >= 15 is 4.39 Å². The van der Waals surface area contributed by atoms with Crippen LogP contribution in [0, 0.1) is 5.82 Å². The number of ether oxygens (including phenoxy) is 2. The summed E-state index contributed by atoms with van der Waals surface area (Å²) in [7, 11) is 0. The average molecular weight is 551 g/mol. The number of hydrogen-bond acceptors (Lipinski definition) is 8. The summed E-state index contributed by atoms with van der Waals surface area (Å²) in [5.41, 5.74) is -1.31. The van der Waals surface area contributed by atoms with Crippen LogP contribution in [0.1, 0.15) is 52.9 Å². The minimum absolute atomic E-state index is 0.0238. The molecule has 0 aliphatic carbocycles. The second-order valence-corrected chi connectivity index (χ2v) is 12.5. The van der Waals surface area contributed by atoms with Gasteiger partial charge in [0, 0.05) is 38.8 Å². The van der Waals surface area contributed by atoms with Crippen molar-refractivity contribution in [1.29, 1.82) is 0 Å². The Labute approximate surface area is 225 Å². The van der Waals surface area contributed by atoms with Gasteiger partial charge in [-0.1, -0.05) is 11.6 Å². The lowest BCUT2D eigenvalue weighted by Crippen LogP contribution is -2.64. The summed E-state index contributed by atoms with van der Waals surface area (Å²) in [5.74, 6) is -0.257. The van der Waals surface area contributed by atoms with Gasteiger partial charge in [0.25, 0.3) is 0 Å². The lowest BCUT2D eigenvalue weighted by Gasteiger charge is -2.50. The van der Waals surface area contributed by atoms with Crippen LogP contribution in [-0.2, 0) is 4.74 Å². The van der Waals surface area contributed by atoms with Crippen molar-refractivity contribution in [2.45, 2.75) is 75.7 Å². The number of carbonyl (C=O) groups is 1. The molecular weight excluding hydrogens is 518 g/mol. The number of rotatable bonds is 4. The Morgan fingerprint density at radius 3 is 2.74 bits per heavy atom. The standard InChI is InChI=1S/C26H33ClF2N6O3/c1-24(2,3)38-23(36)35-10-7-25(35)6-9-33(14-25)21-17-12-30-20(27)18(29)19(17)31-22(32-21)37-15-26-5-4-8-34(26)13-16(28)11-26/h12,16H,4-11,13-15H2,1-3H3/t16-,25?,26+/m1/s1. The van der Waals surface area contributed by atoms with Crippen LogP contribution in [-0.4, -0.2) is 93.0 Å². The van der Waals surface area contributed by atoms with Gasteiger partial charge in [-0.2, -0.15) is 9.97 Å². The molecule has 0 bridgehead atoms. The third-order valence-corrected chi connectivity index (χ3v) is 8.71. The number of nitrogens with zero attached hydrogens (tertiary/aromatic N) is 6. The van der Waals surface area contributed by atoms with Gasteiger partial charge in [-0.3, -0.25) is 4.90 Å². The van der Waals surface area contributed by atoms with E-state index in [1.165, 1.54) is 6.20 Å². The Morgan fingerprint density at radius 2 is 2.00 bits per heavy atom. The molecule has 1 spiro atoms. The molecule has 3 atom stereocenters. The maximum Gasteiger partial charge on any atom is 0.410 e. The molecule has 206 valence electrons. The van der Waals surface area contributed by atoms with Gasteiger partial charge in [-0.05, 0) is 53.0 Å². The minimum Gasteiger partial charge on any atom is -0.461 e. The van der Waals surface area contributed by atoms with Crippen molar-refractivity contribution in [2.24, 2.45) is 0 Å². The van der Waals surface area contributed by atoms with Gasteiger partial charge in [0.15, 0.2) is 11.0 Å². The topological polar surface area (TPSA) is 83.9 Å². The first-order valence-electron chi connectivity index (χ1n) is 13.3. The summed E-state index contributed by atoms with van der Waals surface area (Å²) in [6, 6.07) is 0.0238. The third-order valence-electron chi connectivity index (χ3n) is 8.45. The van der Waals surface area contributed by atoms with Gasteiger partial charge in [0.05, 0.1) is 16.5 Å². The first-order chi connectivity index (χ1) is 18.0. The molecule has 0 N–H and O–H groups in total. The second-order valence-electron chi connectivity index (χ2n) is 12.1. The molecule has 1 amide bonds. The van der Waals surface area contributed by atoms with E-state index in [1.54, 1.807) is 4.90 Å². The van der Waals surface area contributed by atoms with E-state index in [9.17, 15) is 9.18 Å². The molecule has 12 heteroatoms. The molecule has 1 unspecified atom stereocenters. The van der Waals surface area contributed by atoms with Crippen LogP contribution in [0.15, 0.2) is 6.20 Å². The zero-order chi connectivity index (χ0) is 26.9. The number of fused-ring (bicyclic) bond motifs is 2. The van der Waals surface area contributed by atoms with Crippen molar-refractivity contribution in [3.05, 3.63) is 17.2 Å². The molecule has 38 heavy (non-hydrogen) atoms. The summed E-state index contributed by atoms with van der Waals surface area (Å²) in [4.78, 5) is 31.9. The van der Waals surface area contributed by atoms with Crippen LogP contribution in [0.25, 0.3) is 10.9 Å². The quantitative estimate of drug-likeness (QED) is 0.519. The van der Waals surface area contributed by atoms with E-state index < -0.39 is 17.6 Å². The molecule has 0 saturated carbocycles. The summed E-state index contributed by atoms with van der Waals surface area (Å²) in [6.45, 7) is 8.78. The van der Waals surface area contributed by atoms with Crippen molar-refractivity contribution >= 4 is 34.4 Å². The average Bonchev–Trinajstić information content (AvgIpc) is 3.51. The van der Waals surface area contributed by atoms with Gasteiger partial charge in [0.2, 0.25) is 0 Å². The molecule has 6 rings (SSSR count). The van der Waals surface area contributed by atoms with Gasteiger partial charge < -0.3 is 19.3 Å². The van der Waals surface area contributed by atoms with Crippen molar-refractivity contribution < 1.29 is 23.0 Å². The zero-order valence-electron chi connectivity index (χ0n) is 22.0. The normalized spacial score (nSPS) is 29.3. The van der Waals surface area contributed by atoms with Crippen molar-refractivity contribution in [3.63, 3.8) is 0 Å². The Balaban J connectivity index is 1.29. The minimum atomic E-state index is -0.884. The monoisotopic (exact) mass is 550 g/mol. The smallest absolute Gasteiger partial charge is 0.410 e. The third kappa shape index (κ3) is 4.31. The lowest BCUT2D eigenvalue weighted by molar-refractivity contribution is -0.0362. The molecule has 9 nitrogen and oxygen atoms in total. The number of halogens is 3. The van der Waals surface area contributed by atoms with Gasteiger partial charge in [0.1, 0.15) is 29.7 Å². The van der Waals surface area contributed by atoms with E-state index in [1.807, 2.05) is 25.7 Å². The predicted molar refractivity (Wildman–Crippen MR) is 138 cm³/mol. The van der Waals surface area contributed by atoms with Crippen LogP contribution in [0.5, 0.6) is 6.01 Å². The number of carbonyl (C=O) groups excluding carboxylic acids is 1. The molecular formula is C26H33ClF2N6O3. The van der Waals surface area contributed by atoms with E-state index in [-0.39, 0.29) is 40.5 Å². The van der Waals surface area contributed by atoms with Crippen LogP contribution in [0.3, 0.4) is 0 Å². The Hall–Kier alpha value is -2.53. The van der Waals surface area contributed by atoms with Crippen molar-refractivity contribution in [3.8, 4) is 6.01 Å². The number of anilines is 1. The summed E-state index contributed by atoms with van der Waals surface area (Å²) < 4.78 is 41.1. The molecule has 4 aliphatic heterocycles. The highest BCUT2D eigenvalue weighted by molar-refractivity contribution is 6.30. The van der Waals surface area contributed by atoms with Gasteiger partial charge in [-0.15, -0.1) is 0 Å². The molecule has 2 aromatic heterocycles. The van der Waals surface area contributed by atoms with Crippen LogP contribution < -0.4 is 9.64 Å². The number of pyridine rings is 1. The van der Waals surface area contributed by atoms with E-state index in [0.29, 0.717) is 43.8 Å². The fraction of sp³-hybridized carbons (Fsp3) is 0.692. The molecule has 4 fully saturated rings. The van der Waals surface area contributed by atoms with Crippen molar-refractivity contribution in [2.75, 3.05) is 44.2 Å². The fourth-order valence-corrected chi connectivity index (χ4v) is 6.69. The molecule has 2 aromatic rings. The van der Waals surface area contributed by atoms with Gasteiger partial charge in [-0.25, -0.2) is 18.6 Å². The largest absolute Gasteiger partial charge is 0.461 e. The van der Waals surface area contributed by atoms with Crippen LogP contribution in [0.4, 0.5) is 19.4 Å². The second kappa shape index (κ2) is 9.01.